The first-order valence-electron chi connectivity index (χ1n) is 13.5. The molecule has 2 heterocycles. The number of oxazole rings is 1. The minimum absolute atomic E-state index is 0.0102. The van der Waals surface area contributed by atoms with Crippen LogP contribution in [-0.4, -0.2) is 48.1 Å². The van der Waals surface area contributed by atoms with Gasteiger partial charge in [0, 0.05) is 42.9 Å². The Labute approximate surface area is 229 Å². The molecular formula is C32H34N4O3. The van der Waals surface area contributed by atoms with E-state index >= 15 is 0 Å². The Morgan fingerprint density at radius 3 is 2.72 bits per heavy atom. The molecule has 0 aliphatic carbocycles. The zero-order valence-corrected chi connectivity index (χ0v) is 22.7. The molecule has 1 aromatic heterocycles. The van der Waals surface area contributed by atoms with Gasteiger partial charge in [0.05, 0.1) is 24.3 Å². The highest BCUT2D eigenvalue weighted by Gasteiger charge is 2.20. The van der Waals surface area contributed by atoms with E-state index in [4.69, 9.17) is 9.15 Å². The fourth-order valence-corrected chi connectivity index (χ4v) is 5.01. The molecule has 1 atom stereocenters. The number of ether oxygens (including phenoxy) is 1. The molecule has 7 heteroatoms. The Morgan fingerprint density at radius 2 is 1.97 bits per heavy atom. The van der Waals surface area contributed by atoms with Gasteiger partial charge in [-0.3, -0.25) is 9.69 Å². The lowest BCUT2D eigenvalue weighted by atomic mass is 10.00. The molecule has 3 aromatic carbocycles. The van der Waals surface area contributed by atoms with Crippen molar-refractivity contribution in [2.24, 2.45) is 0 Å². The minimum Gasteiger partial charge on any atom is -0.436 e. The summed E-state index contributed by atoms with van der Waals surface area (Å²) in [6.07, 6.45) is 0.859. The van der Waals surface area contributed by atoms with Crippen molar-refractivity contribution in [2.45, 2.75) is 45.8 Å². The molecule has 39 heavy (non-hydrogen) atoms. The molecule has 1 saturated heterocycles. The van der Waals surface area contributed by atoms with Crippen molar-refractivity contribution in [3.8, 4) is 17.5 Å². The second-order valence-corrected chi connectivity index (χ2v) is 10.5. The van der Waals surface area contributed by atoms with Gasteiger partial charge in [-0.05, 0) is 61.2 Å². The molecule has 7 nitrogen and oxygen atoms in total. The maximum Gasteiger partial charge on any atom is 0.251 e. The maximum atomic E-state index is 12.8. The molecule has 0 unspecified atom stereocenters. The van der Waals surface area contributed by atoms with Crippen LogP contribution in [0.5, 0.6) is 0 Å². The number of carbonyl (C=O) groups is 1. The third-order valence-corrected chi connectivity index (χ3v) is 7.17. The van der Waals surface area contributed by atoms with E-state index in [2.05, 4.69) is 66.3 Å². The number of aromatic nitrogens is 1. The van der Waals surface area contributed by atoms with Gasteiger partial charge >= 0.3 is 0 Å². The summed E-state index contributed by atoms with van der Waals surface area (Å²) in [5, 5.41) is 12.4. The number of carbonyl (C=O) groups excluding carboxylic acids is 1. The van der Waals surface area contributed by atoms with Gasteiger partial charge in [-0.15, -0.1) is 0 Å². The quantitative estimate of drug-likeness (QED) is 0.329. The average molecular weight is 523 g/mol. The van der Waals surface area contributed by atoms with Gasteiger partial charge in [0.1, 0.15) is 5.52 Å². The van der Waals surface area contributed by atoms with Crippen molar-refractivity contribution in [2.75, 3.05) is 26.2 Å². The number of nitrogens with one attached hydrogen (secondary N) is 1. The van der Waals surface area contributed by atoms with Gasteiger partial charge in [-0.1, -0.05) is 43.7 Å². The zero-order valence-electron chi connectivity index (χ0n) is 22.7. The zero-order chi connectivity index (χ0) is 27.4. The fraction of sp³-hybridized carbons (Fsp3) is 0.344. The van der Waals surface area contributed by atoms with Crippen LogP contribution in [0.2, 0.25) is 0 Å². The third kappa shape index (κ3) is 6.36. The van der Waals surface area contributed by atoms with E-state index in [1.165, 1.54) is 11.1 Å². The summed E-state index contributed by atoms with van der Waals surface area (Å²) in [5.74, 6) is 0.529. The van der Waals surface area contributed by atoms with Crippen LogP contribution in [0.25, 0.3) is 22.6 Å². The van der Waals surface area contributed by atoms with Crippen molar-refractivity contribution in [1.82, 2.24) is 15.2 Å². The van der Waals surface area contributed by atoms with Crippen LogP contribution in [0, 0.1) is 18.3 Å². The molecule has 0 spiro atoms. The van der Waals surface area contributed by atoms with E-state index in [0.717, 1.165) is 37.2 Å². The monoisotopic (exact) mass is 522 g/mol. The van der Waals surface area contributed by atoms with Crippen LogP contribution in [0.1, 0.15) is 58.8 Å². The van der Waals surface area contributed by atoms with Crippen LogP contribution in [0.3, 0.4) is 0 Å². The van der Waals surface area contributed by atoms with E-state index in [0.29, 0.717) is 41.3 Å². The Morgan fingerprint density at radius 1 is 1.15 bits per heavy atom. The highest BCUT2D eigenvalue weighted by atomic mass is 16.5. The predicted octanol–water partition coefficient (Wildman–Crippen LogP) is 5.82. The van der Waals surface area contributed by atoms with Gasteiger partial charge in [0.2, 0.25) is 5.89 Å². The lowest BCUT2D eigenvalue weighted by molar-refractivity contribution is 0.0584. The summed E-state index contributed by atoms with van der Waals surface area (Å²) in [7, 11) is 0. The molecule has 0 saturated carbocycles. The first-order valence-corrected chi connectivity index (χ1v) is 13.5. The second kappa shape index (κ2) is 11.8. The first kappa shape index (κ1) is 26.6. The number of fused-ring (bicyclic) bond motifs is 1. The van der Waals surface area contributed by atoms with Crippen LogP contribution in [0.4, 0.5) is 0 Å². The van der Waals surface area contributed by atoms with Crippen LogP contribution in [-0.2, 0) is 11.3 Å². The lowest BCUT2D eigenvalue weighted by Crippen LogP contribution is -2.34. The minimum atomic E-state index is -0.135. The molecule has 200 valence electrons. The second-order valence-electron chi connectivity index (χ2n) is 10.5. The third-order valence-electron chi connectivity index (χ3n) is 7.17. The molecule has 5 rings (SSSR count). The maximum absolute atomic E-state index is 12.8. The number of hydrogen-bond acceptors (Lipinski definition) is 6. The molecule has 1 N–H and O–H groups in total. The summed E-state index contributed by atoms with van der Waals surface area (Å²) in [5.41, 5.74) is 6.81. The number of hydrogen-bond donors (Lipinski definition) is 1. The van der Waals surface area contributed by atoms with Gasteiger partial charge in [0.25, 0.3) is 5.91 Å². The molecule has 1 fully saturated rings. The van der Waals surface area contributed by atoms with Crippen molar-refractivity contribution < 1.29 is 13.9 Å². The SMILES string of the molecule is Cc1cccc(CN2CCO[C@H](CNC(=O)c3ccc(-c4nc5cc(C#N)cc(C(C)C)c5o4)cc3)CC2)c1. The summed E-state index contributed by atoms with van der Waals surface area (Å²) in [6, 6.07) is 21.6. The standard InChI is InChI=1S/C32H34N4O3/c1-21(2)28-16-24(18-33)17-29-30(28)39-32(35-29)26-9-7-25(8-10-26)31(37)34-19-27-11-12-36(13-14-38-27)20-23-6-4-5-22(3)15-23/h4-10,15-17,21,27H,11-14,19-20H2,1-3H3,(H,34,37)/t27-/m0/s1. The highest BCUT2D eigenvalue weighted by Crippen LogP contribution is 2.31. The van der Waals surface area contributed by atoms with Crippen molar-refractivity contribution in [1.29, 1.82) is 5.26 Å². The normalized spacial score (nSPS) is 16.2. The molecule has 0 radical (unpaired) electrons. The number of amides is 1. The van der Waals surface area contributed by atoms with E-state index < -0.39 is 0 Å². The molecule has 0 bridgehead atoms. The van der Waals surface area contributed by atoms with Gasteiger partial charge in [0.15, 0.2) is 5.58 Å². The molecule has 1 aliphatic rings. The summed E-state index contributed by atoms with van der Waals surface area (Å²) < 4.78 is 12.1. The summed E-state index contributed by atoms with van der Waals surface area (Å²) >= 11 is 0. The van der Waals surface area contributed by atoms with Gasteiger partial charge in [-0.25, -0.2) is 4.98 Å². The predicted molar refractivity (Wildman–Crippen MR) is 151 cm³/mol. The Hall–Kier alpha value is -3.99. The van der Waals surface area contributed by atoms with Gasteiger partial charge < -0.3 is 14.5 Å². The number of aryl methyl sites for hydroxylation is 1. The molecule has 4 aromatic rings. The molecule has 1 aliphatic heterocycles. The number of rotatable bonds is 7. The average Bonchev–Trinajstić information content (AvgIpc) is 3.24. The first-order chi connectivity index (χ1) is 18.9. The van der Waals surface area contributed by atoms with Crippen LogP contribution < -0.4 is 5.32 Å². The largest absolute Gasteiger partial charge is 0.436 e. The van der Waals surface area contributed by atoms with E-state index in [-0.39, 0.29) is 17.9 Å². The highest BCUT2D eigenvalue weighted by molar-refractivity contribution is 5.94. The molecular weight excluding hydrogens is 488 g/mol. The van der Waals surface area contributed by atoms with E-state index in [1.807, 2.05) is 18.2 Å². The van der Waals surface area contributed by atoms with Crippen LogP contribution in [0.15, 0.2) is 65.1 Å². The number of nitrogens with zero attached hydrogens (tertiary/aromatic N) is 3. The topological polar surface area (TPSA) is 91.4 Å². The van der Waals surface area contributed by atoms with E-state index in [9.17, 15) is 10.1 Å². The Kier molecular flexibility index (Phi) is 8.06. The molecule has 1 amide bonds. The number of nitriles is 1. The lowest BCUT2D eigenvalue weighted by Gasteiger charge is -2.19. The van der Waals surface area contributed by atoms with Gasteiger partial charge in [-0.2, -0.15) is 5.26 Å². The van der Waals surface area contributed by atoms with Crippen molar-refractivity contribution in [3.05, 3.63) is 88.5 Å². The van der Waals surface area contributed by atoms with Crippen LogP contribution >= 0.6 is 0 Å². The van der Waals surface area contributed by atoms with E-state index in [1.54, 1.807) is 18.2 Å². The Bertz CT molecular complexity index is 1500. The van der Waals surface area contributed by atoms with Crippen molar-refractivity contribution in [3.63, 3.8) is 0 Å². The fourth-order valence-electron chi connectivity index (χ4n) is 5.01. The summed E-state index contributed by atoms with van der Waals surface area (Å²) in [4.78, 5) is 19.9. The Balaban J connectivity index is 1.18. The summed E-state index contributed by atoms with van der Waals surface area (Å²) in [6.45, 7) is 10.1. The number of benzene rings is 3. The smallest absolute Gasteiger partial charge is 0.251 e. The van der Waals surface area contributed by atoms with Crippen molar-refractivity contribution >= 4 is 17.0 Å².